The van der Waals surface area contributed by atoms with Crippen molar-refractivity contribution in [3.63, 3.8) is 0 Å². The molecule has 1 unspecified atom stereocenters. The summed E-state index contributed by atoms with van der Waals surface area (Å²) in [5.74, 6) is -0.475. The summed E-state index contributed by atoms with van der Waals surface area (Å²) < 4.78 is 35.0. The van der Waals surface area contributed by atoms with Crippen LogP contribution in [0.4, 0.5) is 0 Å². The van der Waals surface area contributed by atoms with Gasteiger partial charge in [0.25, 0.3) is 0 Å². The molecule has 2 aromatic rings. The minimum atomic E-state index is -4.05. The van der Waals surface area contributed by atoms with Crippen LogP contribution in [0.15, 0.2) is 63.5 Å². The van der Waals surface area contributed by atoms with Crippen molar-refractivity contribution in [2.45, 2.75) is 37.3 Å². The fourth-order valence-corrected chi connectivity index (χ4v) is 4.93. The van der Waals surface area contributed by atoms with E-state index in [-0.39, 0.29) is 27.1 Å². The second-order valence-corrected chi connectivity index (χ2v) is 9.24. The van der Waals surface area contributed by atoms with Gasteiger partial charge < -0.3 is 4.74 Å². The quantitative estimate of drug-likeness (QED) is 0.481. The number of benzene rings is 2. The topological polar surface area (TPSA) is 72.5 Å². The van der Waals surface area contributed by atoms with Crippen LogP contribution in [0.3, 0.4) is 0 Å². The Balaban J connectivity index is 2.18. The third-order valence-electron chi connectivity index (χ3n) is 4.68. The molecular weight excluding hydrogens is 433 g/mol. The first kappa shape index (κ1) is 22.0. The Morgan fingerprint density at radius 2 is 1.72 bits per heavy atom. The highest BCUT2D eigenvalue weighted by molar-refractivity contribution is 7.89. The molecule has 2 aromatic carbocycles. The van der Waals surface area contributed by atoms with Gasteiger partial charge in [-0.05, 0) is 25.5 Å². The van der Waals surface area contributed by atoms with Crippen LogP contribution in [-0.2, 0) is 20.5 Å². The Hall–Kier alpha value is -1.70. The maximum atomic E-state index is 13.2. The van der Waals surface area contributed by atoms with Crippen molar-refractivity contribution in [1.82, 2.24) is 4.72 Å². The lowest BCUT2D eigenvalue weighted by atomic mass is 9.89. The van der Waals surface area contributed by atoms with Gasteiger partial charge in [-0.2, -0.15) is 4.72 Å². The van der Waals surface area contributed by atoms with E-state index in [0.29, 0.717) is 12.0 Å². The summed E-state index contributed by atoms with van der Waals surface area (Å²) in [6.45, 7) is 4.06. The summed E-state index contributed by atoms with van der Waals surface area (Å²) in [7, 11) is -4.05. The van der Waals surface area contributed by atoms with Crippen molar-refractivity contribution >= 4 is 39.0 Å². The lowest BCUT2D eigenvalue weighted by Crippen LogP contribution is -2.51. The zero-order chi connectivity index (χ0) is 21.2. The van der Waals surface area contributed by atoms with Crippen LogP contribution < -0.4 is 4.72 Å². The van der Waals surface area contributed by atoms with Gasteiger partial charge in [-0.1, -0.05) is 78.5 Å². The smallest absolute Gasteiger partial charge is 0.243 e. The number of ketones is 1. The number of fused-ring (bicyclic) bond motifs is 1. The molecule has 0 saturated carbocycles. The number of ether oxygens (including phenoxy) is 1. The summed E-state index contributed by atoms with van der Waals surface area (Å²) in [5.41, 5.74) is -0.314. The first-order valence-electron chi connectivity index (χ1n) is 9.17. The first-order chi connectivity index (χ1) is 13.7. The van der Waals surface area contributed by atoms with Crippen LogP contribution in [0.5, 0.6) is 0 Å². The van der Waals surface area contributed by atoms with Gasteiger partial charge >= 0.3 is 0 Å². The van der Waals surface area contributed by atoms with Crippen LogP contribution in [-0.4, -0.2) is 20.8 Å². The van der Waals surface area contributed by atoms with Gasteiger partial charge in [-0.3, -0.25) is 4.79 Å². The van der Waals surface area contributed by atoms with Crippen LogP contribution in [0, 0.1) is 6.92 Å². The minimum Gasteiger partial charge on any atom is -0.350 e. The molecule has 0 bridgehead atoms. The molecule has 0 saturated heterocycles. The largest absolute Gasteiger partial charge is 0.350 e. The maximum absolute atomic E-state index is 13.2. The number of nitrogens with one attached hydrogen (secondary N) is 1. The fourth-order valence-electron chi connectivity index (χ4n) is 3.08. The first-order valence-corrected chi connectivity index (χ1v) is 11.4. The zero-order valence-electron chi connectivity index (χ0n) is 16.0. The van der Waals surface area contributed by atoms with E-state index in [1.54, 1.807) is 36.4 Å². The number of hydrogen-bond acceptors (Lipinski definition) is 4. The van der Waals surface area contributed by atoms with Crippen molar-refractivity contribution in [3.8, 4) is 0 Å². The standard InChI is InChI=1S/C21H21Cl2NO4S/c1-3-4-13-28-21(24-29(26,27)15-11-9-14(2)10-12-15)17-8-6-5-7-16(17)19(25)18(22)20(21)23/h5-12,24H,3-4,13H2,1-2H3. The number of hydrogen-bond donors (Lipinski definition) is 1. The summed E-state index contributed by atoms with van der Waals surface area (Å²) >= 11 is 12.7. The molecule has 8 heteroatoms. The van der Waals surface area contributed by atoms with Crippen molar-refractivity contribution < 1.29 is 17.9 Å². The monoisotopic (exact) mass is 453 g/mol. The van der Waals surface area contributed by atoms with Crippen molar-refractivity contribution in [3.05, 3.63) is 75.3 Å². The summed E-state index contributed by atoms with van der Waals surface area (Å²) in [6.07, 6.45) is 1.50. The van der Waals surface area contributed by atoms with Crippen LogP contribution in [0.25, 0.3) is 0 Å². The van der Waals surface area contributed by atoms with E-state index < -0.39 is 21.5 Å². The minimum absolute atomic E-state index is 0.0523. The molecule has 5 nitrogen and oxygen atoms in total. The Morgan fingerprint density at radius 1 is 1.07 bits per heavy atom. The second kappa shape index (κ2) is 8.58. The van der Waals surface area contributed by atoms with Crippen LogP contribution in [0.1, 0.15) is 41.3 Å². The summed E-state index contributed by atoms with van der Waals surface area (Å²) in [6, 6.07) is 12.9. The summed E-state index contributed by atoms with van der Waals surface area (Å²) in [5, 5.41) is -0.469. The Morgan fingerprint density at radius 3 is 2.38 bits per heavy atom. The maximum Gasteiger partial charge on any atom is 0.243 e. The number of carbonyl (C=O) groups excluding carboxylic acids is 1. The number of unbranched alkanes of at least 4 members (excludes halogenated alkanes) is 1. The molecule has 1 aliphatic rings. The lowest BCUT2D eigenvalue weighted by molar-refractivity contribution is -0.0280. The number of halogens is 2. The van der Waals surface area contributed by atoms with Gasteiger partial charge in [0.2, 0.25) is 15.8 Å². The molecule has 0 radical (unpaired) electrons. The van der Waals surface area contributed by atoms with E-state index in [2.05, 4.69) is 4.72 Å². The molecule has 154 valence electrons. The highest BCUT2D eigenvalue weighted by atomic mass is 35.5. The average molecular weight is 454 g/mol. The molecule has 0 heterocycles. The molecular formula is C21H21Cl2NO4S. The van der Waals surface area contributed by atoms with Gasteiger partial charge in [-0.15, -0.1) is 0 Å². The molecule has 0 fully saturated rings. The SMILES string of the molecule is CCCCOC1(NS(=O)(=O)c2ccc(C)cc2)C(Cl)=C(Cl)C(=O)c2ccccc21. The number of allylic oxidation sites excluding steroid dienone is 1. The summed E-state index contributed by atoms with van der Waals surface area (Å²) in [4.78, 5) is 12.7. The highest BCUT2D eigenvalue weighted by Gasteiger charge is 2.48. The predicted octanol–water partition coefficient (Wildman–Crippen LogP) is 4.83. The molecule has 1 N–H and O–H groups in total. The predicted molar refractivity (Wildman–Crippen MR) is 114 cm³/mol. The highest BCUT2D eigenvalue weighted by Crippen LogP contribution is 2.44. The number of sulfonamides is 1. The van der Waals surface area contributed by atoms with E-state index in [1.165, 1.54) is 12.1 Å². The van der Waals surface area contributed by atoms with E-state index >= 15 is 0 Å². The molecule has 1 atom stereocenters. The second-order valence-electron chi connectivity index (χ2n) is 6.80. The van der Waals surface area contributed by atoms with Gasteiger partial charge in [0.1, 0.15) is 5.03 Å². The van der Waals surface area contributed by atoms with Crippen LogP contribution in [0.2, 0.25) is 0 Å². The third kappa shape index (κ3) is 4.13. The van der Waals surface area contributed by atoms with Gasteiger partial charge in [0.15, 0.2) is 5.72 Å². The van der Waals surface area contributed by atoms with E-state index in [4.69, 9.17) is 27.9 Å². The number of Topliss-reactive ketones (excluding diaryl/α,β-unsaturated/α-hetero) is 1. The molecule has 1 aliphatic carbocycles. The van der Waals surface area contributed by atoms with Crippen molar-refractivity contribution in [1.29, 1.82) is 0 Å². The number of rotatable bonds is 7. The van der Waals surface area contributed by atoms with E-state index in [0.717, 1.165) is 12.0 Å². The Labute approximate surface area is 180 Å². The van der Waals surface area contributed by atoms with Crippen LogP contribution >= 0.6 is 23.2 Å². The van der Waals surface area contributed by atoms with Crippen molar-refractivity contribution in [2.75, 3.05) is 6.61 Å². The molecule has 3 rings (SSSR count). The molecule has 29 heavy (non-hydrogen) atoms. The van der Waals surface area contributed by atoms with E-state index in [1.807, 2.05) is 13.8 Å². The molecule has 0 amide bonds. The van der Waals surface area contributed by atoms with Gasteiger partial charge in [-0.25, -0.2) is 8.42 Å². The average Bonchev–Trinajstić information content (AvgIpc) is 2.71. The molecule has 0 aromatic heterocycles. The number of aryl methyl sites for hydroxylation is 1. The normalized spacial score (nSPS) is 19.4. The zero-order valence-corrected chi connectivity index (χ0v) is 18.4. The fraction of sp³-hybridized carbons (Fsp3) is 0.286. The lowest BCUT2D eigenvalue weighted by Gasteiger charge is -2.38. The third-order valence-corrected chi connectivity index (χ3v) is 7.04. The molecule has 0 spiro atoms. The Bertz CT molecular complexity index is 1060. The molecule has 0 aliphatic heterocycles. The van der Waals surface area contributed by atoms with Gasteiger partial charge in [0.05, 0.1) is 9.93 Å². The number of carbonyl (C=O) groups is 1. The van der Waals surface area contributed by atoms with Gasteiger partial charge in [0, 0.05) is 17.7 Å². The van der Waals surface area contributed by atoms with E-state index in [9.17, 15) is 13.2 Å². The Kier molecular flexibility index (Phi) is 6.51. The van der Waals surface area contributed by atoms with Crippen molar-refractivity contribution in [2.24, 2.45) is 0 Å².